The van der Waals surface area contributed by atoms with Crippen LogP contribution >= 0.6 is 35.4 Å². The number of ether oxygens (including phenoxy) is 1. The largest absolute Gasteiger partial charge is 0.494 e. The lowest BCUT2D eigenvalue weighted by atomic mass is 10.0. The second-order valence-corrected chi connectivity index (χ2v) is 9.84. The van der Waals surface area contributed by atoms with E-state index >= 15 is 0 Å². The van der Waals surface area contributed by atoms with E-state index in [1.807, 2.05) is 53.4 Å². The SMILES string of the molecule is CCC(=O)Nc1ccc(N2C(=S)N[C@H](c3ccccn3)[C@H]2c2ccc(-c3ccc(Cl)cc3Cl)o2)cc1OC. The van der Waals surface area contributed by atoms with E-state index in [-0.39, 0.29) is 18.0 Å². The van der Waals surface area contributed by atoms with E-state index in [2.05, 4.69) is 15.6 Å². The van der Waals surface area contributed by atoms with Crippen molar-refractivity contribution < 1.29 is 13.9 Å². The van der Waals surface area contributed by atoms with Crippen LogP contribution in [0.3, 0.4) is 0 Å². The topological polar surface area (TPSA) is 79.6 Å². The fraction of sp³-hybridized carbons (Fsp3) is 0.179. The monoisotopic (exact) mass is 566 g/mol. The Bertz CT molecular complexity index is 1490. The Morgan fingerprint density at radius 2 is 2.00 bits per heavy atom. The molecule has 10 heteroatoms. The van der Waals surface area contributed by atoms with Gasteiger partial charge in [0, 0.05) is 35.0 Å². The van der Waals surface area contributed by atoms with Gasteiger partial charge in [-0.15, -0.1) is 0 Å². The number of nitrogens with one attached hydrogen (secondary N) is 2. The summed E-state index contributed by atoms with van der Waals surface area (Å²) in [4.78, 5) is 18.5. The maximum atomic E-state index is 12.0. The number of nitrogens with zero attached hydrogens (tertiary/aromatic N) is 2. The molecule has 2 N–H and O–H groups in total. The molecular weight excluding hydrogens is 543 g/mol. The Hall–Kier alpha value is -3.59. The van der Waals surface area contributed by atoms with Crippen molar-refractivity contribution in [2.24, 2.45) is 0 Å². The Balaban J connectivity index is 1.58. The molecule has 1 amide bonds. The number of hydrogen-bond donors (Lipinski definition) is 2. The summed E-state index contributed by atoms with van der Waals surface area (Å²) in [6, 6.07) is 19.7. The molecule has 38 heavy (non-hydrogen) atoms. The summed E-state index contributed by atoms with van der Waals surface area (Å²) >= 11 is 18.4. The summed E-state index contributed by atoms with van der Waals surface area (Å²) in [6.45, 7) is 1.79. The average molecular weight is 567 g/mol. The molecule has 7 nitrogen and oxygen atoms in total. The van der Waals surface area contributed by atoms with E-state index in [1.54, 1.807) is 38.4 Å². The van der Waals surface area contributed by atoms with Gasteiger partial charge in [-0.2, -0.15) is 0 Å². The van der Waals surface area contributed by atoms with E-state index < -0.39 is 0 Å². The van der Waals surface area contributed by atoms with Gasteiger partial charge in [-0.05, 0) is 66.8 Å². The number of hydrogen-bond acceptors (Lipinski definition) is 5. The lowest BCUT2D eigenvalue weighted by molar-refractivity contribution is -0.115. The first kappa shape index (κ1) is 26.0. The van der Waals surface area contributed by atoms with Gasteiger partial charge in [0.15, 0.2) is 5.11 Å². The first-order valence-electron chi connectivity index (χ1n) is 11.9. The summed E-state index contributed by atoms with van der Waals surface area (Å²) in [5.41, 5.74) is 2.88. The van der Waals surface area contributed by atoms with E-state index in [4.69, 9.17) is 44.6 Å². The Morgan fingerprint density at radius 1 is 1.16 bits per heavy atom. The normalized spacial score (nSPS) is 16.8. The van der Waals surface area contributed by atoms with Gasteiger partial charge < -0.3 is 24.7 Å². The van der Waals surface area contributed by atoms with Crippen molar-refractivity contribution >= 4 is 57.8 Å². The second-order valence-electron chi connectivity index (χ2n) is 8.61. The number of methoxy groups -OCH3 is 1. The van der Waals surface area contributed by atoms with Crippen molar-refractivity contribution in [3.05, 3.63) is 94.4 Å². The number of carbonyl (C=O) groups excluding carboxylic acids is 1. The number of halogens is 2. The summed E-state index contributed by atoms with van der Waals surface area (Å²) in [7, 11) is 1.56. The van der Waals surface area contributed by atoms with Crippen molar-refractivity contribution in [3.63, 3.8) is 0 Å². The second kappa shape index (κ2) is 11.0. The zero-order valence-corrected chi connectivity index (χ0v) is 22.9. The molecular formula is C28H24Cl2N4O3S. The van der Waals surface area contributed by atoms with Gasteiger partial charge in [0.2, 0.25) is 5.91 Å². The Labute approximate surface area is 235 Å². The van der Waals surface area contributed by atoms with Crippen LogP contribution in [0.15, 0.2) is 77.3 Å². The minimum Gasteiger partial charge on any atom is -0.494 e. The molecule has 2 atom stereocenters. The molecule has 0 aliphatic carbocycles. The molecule has 2 aromatic carbocycles. The molecule has 3 heterocycles. The third-order valence-electron chi connectivity index (χ3n) is 6.27. The van der Waals surface area contributed by atoms with Gasteiger partial charge >= 0.3 is 0 Å². The summed E-state index contributed by atoms with van der Waals surface area (Å²) in [5.74, 6) is 1.68. The lowest BCUT2D eigenvalue weighted by Crippen LogP contribution is -2.29. The minimum absolute atomic E-state index is 0.105. The first-order valence-corrected chi connectivity index (χ1v) is 13.1. The summed E-state index contributed by atoms with van der Waals surface area (Å²) < 4.78 is 12.0. The van der Waals surface area contributed by atoms with Gasteiger partial charge in [-0.3, -0.25) is 9.78 Å². The van der Waals surface area contributed by atoms with Crippen LogP contribution in [0.2, 0.25) is 10.0 Å². The smallest absolute Gasteiger partial charge is 0.224 e. The molecule has 1 fully saturated rings. The van der Waals surface area contributed by atoms with E-state index in [0.717, 1.165) is 16.9 Å². The average Bonchev–Trinajstić information content (AvgIpc) is 3.54. The van der Waals surface area contributed by atoms with Crippen molar-refractivity contribution in [1.29, 1.82) is 0 Å². The molecule has 4 aromatic rings. The number of amides is 1. The van der Waals surface area contributed by atoms with Crippen molar-refractivity contribution in [1.82, 2.24) is 10.3 Å². The molecule has 1 aliphatic rings. The molecule has 0 saturated carbocycles. The van der Waals surface area contributed by atoms with Crippen LogP contribution in [0.25, 0.3) is 11.3 Å². The Morgan fingerprint density at radius 3 is 2.71 bits per heavy atom. The van der Waals surface area contributed by atoms with Gasteiger partial charge in [0.05, 0.1) is 29.6 Å². The molecule has 1 aliphatic heterocycles. The van der Waals surface area contributed by atoms with Crippen molar-refractivity contribution in [2.75, 3.05) is 17.3 Å². The third-order valence-corrected chi connectivity index (χ3v) is 7.13. The number of benzene rings is 2. The summed E-state index contributed by atoms with van der Waals surface area (Å²) in [5, 5.41) is 7.81. The van der Waals surface area contributed by atoms with Crippen LogP contribution in [0, 0.1) is 0 Å². The van der Waals surface area contributed by atoms with Crippen LogP contribution in [-0.4, -0.2) is 23.1 Å². The minimum atomic E-state index is -0.377. The predicted molar refractivity (Wildman–Crippen MR) is 154 cm³/mol. The number of rotatable bonds is 7. The van der Waals surface area contributed by atoms with Gasteiger partial charge in [-0.25, -0.2) is 0 Å². The molecule has 1 saturated heterocycles. The number of anilines is 2. The van der Waals surface area contributed by atoms with Gasteiger partial charge in [0.25, 0.3) is 0 Å². The number of furan rings is 1. The van der Waals surface area contributed by atoms with E-state index in [0.29, 0.717) is 44.5 Å². The maximum absolute atomic E-state index is 12.0. The number of pyridine rings is 1. The molecule has 0 spiro atoms. The van der Waals surface area contributed by atoms with Gasteiger partial charge in [-0.1, -0.05) is 36.2 Å². The molecule has 0 unspecified atom stereocenters. The first-order chi connectivity index (χ1) is 18.4. The molecule has 5 rings (SSSR count). The standard InChI is InChI=1S/C28H24Cl2N4O3S/c1-3-25(35)32-20-10-8-17(15-24(20)36-2)34-27(26(33-28(34)38)21-6-4-5-13-31-21)23-12-11-22(37-23)18-9-7-16(29)14-19(18)30/h4-15,26-27H,3H2,1-2H3,(H,32,35)(H,33,38)/t26-,27-/m1/s1. The van der Waals surface area contributed by atoms with Crippen LogP contribution in [0.4, 0.5) is 11.4 Å². The number of carbonyl (C=O) groups is 1. The highest BCUT2D eigenvalue weighted by Crippen LogP contribution is 2.45. The number of aromatic nitrogens is 1. The highest BCUT2D eigenvalue weighted by molar-refractivity contribution is 7.80. The quantitative estimate of drug-likeness (QED) is 0.229. The lowest BCUT2D eigenvalue weighted by Gasteiger charge is -2.27. The molecule has 0 radical (unpaired) electrons. The fourth-order valence-corrected chi connectivity index (χ4v) is 5.29. The van der Waals surface area contributed by atoms with Crippen molar-refractivity contribution in [2.45, 2.75) is 25.4 Å². The van der Waals surface area contributed by atoms with Gasteiger partial charge in [0.1, 0.15) is 23.3 Å². The van der Waals surface area contributed by atoms with Crippen LogP contribution in [0.5, 0.6) is 5.75 Å². The summed E-state index contributed by atoms with van der Waals surface area (Å²) in [6.07, 6.45) is 2.10. The fourth-order valence-electron chi connectivity index (χ4n) is 4.44. The number of thiocarbonyl (C=S) groups is 1. The zero-order valence-electron chi connectivity index (χ0n) is 20.6. The molecule has 0 bridgehead atoms. The van der Waals surface area contributed by atoms with Crippen molar-refractivity contribution in [3.8, 4) is 17.1 Å². The zero-order chi connectivity index (χ0) is 26.8. The highest BCUT2D eigenvalue weighted by Gasteiger charge is 2.43. The predicted octanol–water partition coefficient (Wildman–Crippen LogP) is 7.18. The highest BCUT2D eigenvalue weighted by atomic mass is 35.5. The maximum Gasteiger partial charge on any atom is 0.224 e. The Kier molecular flexibility index (Phi) is 7.56. The molecule has 2 aromatic heterocycles. The molecule has 194 valence electrons. The van der Waals surface area contributed by atoms with Crippen LogP contribution in [-0.2, 0) is 4.79 Å². The van der Waals surface area contributed by atoms with Crippen LogP contribution in [0.1, 0.15) is 36.9 Å². The van der Waals surface area contributed by atoms with E-state index in [1.165, 1.54) is 0 Å². The van der Waals surface area contributed by atoms with Crippen LogP contribution < -0.4 is 20.3 Å². The van der Waals surface area contributed by atoms with E-state index in [9.17, 15) is 4.79 Å². The third kappa shape index (κ3) is 5.07.